The van der Waals surface area contributed by atoms with Crippen molar-refractivity contribution in [2.75, 3.05) is 7.11 Å². The quantitative estimate of drug-likeness (QED) is 0.428. The van der Waals surface area contributed by atoms with Gasteiger partial charge < -0.3 is 10.5 Å². The van der Waals surface area contributed by atoms with E-state index in [9.17, 15) is 9.59 Å². The highest BCUT2D eigenvalue weighted by atomic mass is 16.5. The van der Waals surface area contributed by atoms with Gasteiger partial charge in [-0.1, -0.05) is 31.7 Å². The predicted molar refractivity (Wildman–Crippen MR) is 71.6 cm³/mol. The third-order valence-corrected chi connectivity index (χ3v) is 2.45. The van der Waals surface area contributed by atoms with E-state index in [1.165, 1.54) is 7.11 Å². The number of carbonyl (C=O) groups excluding carboxylic acids is 2. The number of hydrogen-bond donors (Lipinski definition) is 1. The smallest absolute Gasteiger partial charge is 0.333 e. The fraction of sp³-hybridized carbons (Fsp3) is 0.429. The van der Waals surface area contributed by atoms with Gasteiger partial charge in [-0.05, 0) is 24.8 Å². The minimum atomic E-state index is -0.361. The Labute approximate surface area is 108 Å². The van der Waals surface area contributed by atoms with Crippen molar-refractivity contribution >= 4 is 11.9 Å². The molecule has 0 spiro atoms. The second-order valence-electron chi connectivity index (χ2n) is 4.27. The van der Waals surface area contributed by atoms with Crippen LogP contribution in [0.3, 0.4) is 0 Å². The maximum absolute atomic E-state index is 11.2. The number of methoxy groups -OCH3 is 1. The topological polar surface area (TPSA) is 69.4 Å². The van der Waals surface area contributed by atoms with Crippen LogP contribution in [0.4, 0.5) is 0 Å². The molecule has 0 fully saturated rings. The molecule has 1 unspecified atom stereocenters. The lowest BCUT2D eigenvalue weighted by Crippen LogP contribution is -2.14. The zero-order chi connectivity index (χ0) is 14.1. The van der Waals surface area contributed by atoms with Gasteiger partial charge in [0.1, 0.15) is 0 Å². The molecule has 4 heteroatoms. The summed E-state index contributed by atoms with van der Waals surface area (Å²) in [6.45, 7) is 7.33. The second-order valence-corrected chi connectivity index (χ2v) is 4.27. The molecule has 0 radical (unpaired) electrons. The number of amides is 1. The number of nitrogens with two attached hydrogens (primary N) is 1. The first kappa shape index (κ1) is 16.2. The highest BCUT2D eigenvalue weighted by molar-refractivity contribution is 5.87. The predicted octanol–water partition coefficient (Wildman–Crippen LogP) is 2.12. The van der Waals surface area contributed by atoms with Crippen LogP contribution < -0.4 is 5.73 Å². The number of allylic oxidation sites excluding steroid dienone is 4. The van der Waals surface area contributed by atoms with Crippen molar-refractivity contribution in [3.8, 4) is 0 Å². The zero-order valence-electron chi connectivity index (χ0n) is 11.2. The van der Waals surface area contributed by atoms with Gasteiger partial charge in [0.05, 0.1) is 7.11 Å². The van der Waals surface area contributed by atoms with Crippen LogP contribution in [-0.2, 0) is 14.3 Å². The van der Waals surface area contributed by atoms with Crippen LogP contribution >= 0.6 is 0 Å². The molecular weight excluding hydrogens is 230 g/mol. The average molecular weight is 251 g/mol. The third-order valence-electron chi connectivity index (χ3n) is 2.45. The first-order valence-corrected chi connectivity index (χ1v) is 5.77. The van der Waals surface area contributed by atoms with E-state index in [-0.39, 0.29) is 17.8 Å². The van der Waals surface area contributed by atoms with E-state index in [2.05, 4.69) is 11.3 Å². The van der Waals surface area contributed by atoms with Crippen molar-refractivity contribution in [2.24, 2.45) is 11.7 Å². The molecule has 4 nitrogen and oxygen atoms in total. The largest absolute Gasteiger partial charge is 0.466 e. The molecule has 0 bridgehead atoms. The lowest BCUT2D eigenvalue weighted by Gasteiger charge is -2.09. The van der Waals surface area contributed by atoms with E-state index in [1.807, 2.05) is 6.92 Å². The van der Waals surface area contributed by atoms with Crippen LogP contribution in [-0.4, -0.2) is 19.0 Å². The Morgan fingerprint density at radius 2 is 1.94 bits per heavy atom. The van der Waals surface area contributed by atoms with E-state index in [0.717, 1.165) is 5.57 Å². The normalized spacial score (nSPS) is 13.9. The molecule has 2 N–H and O–H groups in total. The summed E-state index contributed by atoms with van der Waals surface area (Å²) in [4.78, 5) is 22.0. The number of rotatable bonds is 7. The molecule has 0 aliphatic rings. The number of ether oxygens (including phenoxy) is 1. The average Bonchev–Trinajstić information content (AvgIpc) is 2.31. The van der Waals surface area contributed by atoms with Gasteiger partial charge in [-0.25, -0.2) is 4.79 Å². The Morgan fingerprint density at radius 1 is 1.33 bits per heavy atom. The summed E-state index contributed by atoms with van der Waals surface area (Å²) in [5.74, 6) is -0.523. The molecule has 1 atom stereocenters. The summed E-state index contributed by atoms with van der Waals surface area (Å²) in [6.07, 6.45) is 6.22. The van der Waals surface area contributed by atoms with Gasteiger partial charge in [0.2, 0.25) is 5.91 Å². The van der Waals surface area contributed by atoms with E-state index in [0.29, 0.717) is 18.4 Å². The minimum Gasteiger partial charge on any atom is -0.466 e. The number of esters is 1. The van der Waals surface area contributed by atoms with Crippen molar-refractivity contribution in [2.45, 2.75) is 26.7 Å². The van der Waals surface area contributed by atoms with Gasteiger partial charge in [0.15, 0.2) is 0 Å². The molecule has 100 valence electrons. The first-order chi connectivity index (χ1) is 8.40. The van der Waals surface area contributed by atoms with E-state index >= 15 is 0 Å². The fourth-order valence-electron chi connectivity index (χ4n) is 1.50. The molecule has 0 saturated carbocycles. The van der Waals surface area contributed by atoms with E-state index in [1.54, 1.807) is 25.2 Å². The van der Waals surface area contributed by atoms with Crippen LogP contribution in [0.2, 0.25) is 0 Å². The molecule has 0 aromatic rings. The number of carbonyl (C=O) groups is 2. The third kappa shape index (κ3) is 6.68. The van der Waals surface area contributed by atoms with Crippen LogP contribution in [0.1, 0.15) is 26.7 Å². The van der Waals surface area contributed by atoms with Crippen molar-refractivity contribution in [3.63, 3.8) is 0 Å². The van der Waals surface area contributed by atoms with Crippen molar-refractivity contribution in [1.29, 1.82) is 0 Å². The molecule has 0 heterocycles. The van der Waals surface area contributed by atoms with Crippen molar-refractivity contribution < 1.29 is 14.3 Å². The maximum atomic E-state index is 11.2. The maximum Gasteiger partial charge on any atom is 0.333 e. The van der Waals surface area contributed by atoms with E-state index < -0.39 is 0 Å². The number of hydrogen-bond acceptors (Lipinski definition) is 3. The van der Waals surface area contributed by atoms with E-state index in [4.69, 9.17) is 5.73 Å². The SMILES string of the molecule is C=C/C(=C\C=C(/C)C(=O)OC)CC(C)CC(N)=O. The summed E-state index contributed by atoms with van der Waals surface area (Å²) in [5, 5.41) is 0. The Hall–Kier alpha value is -1.84. The Kier molecular flexibility index (Phi) is 7.43. The summed E-state index contributed by atoms with van der Waals surface area (Å²) < 4.78 is 4.59. The lowest BCUT2D eigenvalue weighted by atomic mass is 9.97. The van der Waals surface area contributed by atoms with Crippen molar-refractivity contribution in [3.05, 3.63) is 36.0 Å². The zero-order valence-corrected chi connectivity index (χ0v) is 11.2. The molecule has 18 heavy (non-hydrogen) atoms. The second kappa shape index (κ2) is 8.28. The Balaban J connectivity index is 4.63. The highest BCUT2D eigenvalue weighted by Crippen LogP contribution is 2.15. The fourth-order valence-corrected chi connectivity index (χ4v) is 1.50. The minimum absolute atomic E-state index is 0.151. The molecule has 0 saturated heterocycles. The Bertz CT molecular complexity index is 381. The molecule has 0 aromatic carbocycles. The van der Waals surface area contributed by atoms with Crippen LogP contribution in [0.5, 0.6) is 0 Å². The summed E-state index contributed by atoms with van der Waals surface area (Å²) in [5.41, 5.74) is 6.60. The number of primary amides is 1. The van der Waals surface area contributed by atoms with Gasteiger partial charge in [-0.15, -0.1) is 0 Å². The van der Waals surface area contributed by atoms with Gasteiger partial charge in [0.25, 0.3) is 0 Å². The monoisotopic (exact) mass is 251 g/mol. The highest BCUT2D eigenvalue weighted by Gasteiger charge is 2.07. The van der Waals surface area contributed by atoms with Gasteiger partial charge in [-0.3, -0.25) is 4.79 Å². The summed E-state index contributed by atoms with van der Waals surface area (Å²) in [6, 6.07) is 0. The molecule has 0 aromatic heterocycles. The van der Waals surface area contributed by atoms with Crippen molar-refractivity contribution in [1.82, 2.24) is 0 Å². The lowest BCUT2D eigenvalue weighted by molar-refractivity contribution is -0.136. The molecule has 0 aliphatic carbocycles. The molecule has 1 amide bonds. The van der Waals surface area contributed by atoms with Crippen LogP contribution in [0.15, 0.2) is 36.0 Å². The van der Waals surface area contributed by atoms with Gasteiger partial charge in [-0.2, -0.15) is 0 Å². The standard InChI is InChI=1S/C14H21NO3/c1-5-12(8-10(2)9-13(15)16)7-6-11(3)14(17)18-4/h5-7,10H,1,8-9H2,2-4H3,(H2,15,16)/b11-6+,12-7+. The van der Waals surface area contributed by atoms with Gasteiger partial charge in [0, 0.05) is 12.0 Å². The van der Waals surface area contributed by atoms with Crippen LogP contribution in [0, 0.1) is 5.92 Å². The summed E-state index contributed by atoms with van der Waals surface area (Å²) >= 11 is 0. The Morgan fingerprint density at radius 3 is 2.39 bits per heavy atom. The molecule has 0 aliphatic heterocycles. The van der Waals surface area contributed by atoms with Gasteiger partial charge >= 0.3 is 5.97 Å². The first-order valence-electron chi connectivity index (χ1n) is 5.77. The summed E-state index contributed by atoms with van der Waals surface area (Å²) in [7, 11) is 1.34. The molecular formula is C14H21NO3. The molecule has 0 rings (SSSR count). The van der Waals surface area contributed by atoms with Crippen LogP contribution in [0.25, 0.3) is 0 Å².